The number of carbonyl (C=O) groups is 3. The molecule has 0 spiro atoms. The van der Waals surface area contributed by atoms with Crippen molar-refractivity contribution in [2.75, 3.05) is 13.2 Å². The number of aromatic nitrogens is 2. The van der Waals surface area contributed by atoms with E-state index in [4.69, 9.17) is 9.47 Å². The van der Waals surface area contributed by atoms with Crippen molar-refractivity contribution in [2.24, 2.45) is 0 Å². The molecular weight excluding hydrogens is 400 g/mol. The maximum absolute atomic E-state index is 13.3. The Kier molecular flexibility index (Phi) is 6.01. The number of hydrogen-bond donors (Lipinski definition) is 0. The molecule has 0 saturated heterocycles. The van der Waals surface area contributed by atoms with E-state index in [1.807, 2.05) is 13.0 Å². The molecular formula is C23H26N2O6. The Morgan fingerprint density at radius 1 is 1.00 bits per heavy atom. The first-order valence-corrected chi connectivity index (χ1v) is 10.3. The Balaban J connectivity index is 2.31. The standard InChI is InChI=1S/C23H26N2O6/c1-7-15-13(5)20(26)25-19(15)11-18-12(4)16(14(6)24(18)23(25)29)10-17(21(27)30-8-2)22(28)31-9-3/h10-11H,7-9H2,1-6H3. The number of aryl methyl sites for hydroxylation is 2. The van der Waals surface area contributed by atoms with Gasteiger partial charge in [-0.1, -0.05) is 6.92 Å². The van der Waals surface area contributed by atoms with Gasteiger partial charge < -0.3 is 9.47 Å². The van der Waals surface area contributed by atoms with Gasteiger partial charge in [-0.05, 0) is 64.3 Å². The minimum absolute atomic E-state index is 0.104. The Labute approximate surface area is 179 Å². The summed E-state index contributed by atoms with van der Waals surface area (Å²) >= 11 is 0. The number of fused-ring (bicyclic) bond motifs is 2. The highest BCUT2D eigenvalue weighted by molar-refractivity contribution is 6.18. The fourth-order valence-electron chi connectivity index (χ4n) is 4.02. The quantitative estimate of drug-likeness (QED) is 0.305. The van der Waals surface area contributed by atoms with E-state index in [1.165, 1.54) is 15.0 Å². The minimum atomic E-state index is -0.795. The lowest BCUT2D eigenvalue weighted by atomic mass is 10.0. The molecule has 3 heterocycles. The summed E-state index contributed by atoms with van der Waals surface area (Å²) in [6.07, 6.45) is 2.01. The van der Waals surface area contributed by atoms with E-state index >= 15 is 0 Å². The molecule has 0 atom stereocenters. The van der Waals surface area contributed by atoms with E-state index in [-0.39, 0.29) is 24.7 Å². The maximum atomic E-state index is 13.3. The number of hydrogen-bond acceptors (Lipinski definition) is 6. The SMILES string of the molecule is CCOC(=O)C(=Cc1c(C)c2cc3n(c(=O)n2c1C)C(=O)C(C)=C3CC)C(=O)OCC. The third-order valence-corrected chi connectivity index (χ3v) is 5.57. The molecule has 0 saturated carbocycles. The Morgan fingerprint density at radius 3 is 2.10 bits per heavy atom. The molecule has 0 amide bonds. The normalized spacial score (nSPS) is 12.9. The van der Waals surface area contributed by atoms with Gasteiger partial charge in [0.05, 0.1) is 24.4 Å². The second kappa shape index (κ2) is 8.37. The van der Waals surface area contributed by atoms with Crippen LogP contribution in [0.2, 0.25) is 0 Å². The molecule has 0 aliphatic carbocycles. The van der Waals surface area contributed by atoms with Gasteiger partial charge in [0.25, 0.3) is 5.91 Å². The molecule has 2 aromatic rings. The van der Waals surface area contributed by atoms with E-state index < -0.39 is 17.6 Å². The molecule has 0 radical (unpaired) electrons. The van der Waals surface area contributed by atoms with Crippen LogP contribution in [0.5, 0.6) is 0 Å². The second-order valence-corrected chi connectivity index (χ2v) is 7.25. The largest absolute Gasteiger partial charge is 0.462 e. The summed E-state index contributed by atoms with van der Waals surface area (Å²) in [6.45, 7) is 10.7. The van der Waals surface area contributed by atoms with Crippen LogP contribution < -0.4 is 5.69 Å². The molecule has 31 heavy (non-hydrogen) atoms. The molecule has 8 heteroatoms. The Hall–Kier alpha value is -3.42. The molecule has 8 nitrogen and oxygen atoms in total. The monoisotopic (exact) mass is 426 g/mol. The maximum Gasteiger partial charge on any atom is 0.345 e. The molecule has 0 bridgehead atoms. The zero-order valence-corrected chi connectivity index (χ0v) is 18.6. The molecule has 3 rings (SSSR count). The summed E-state index contributed by atoms with van der Waals surface area (Å²) in [6, 6.07) is 1.81. The third-order valence-electron chi connectivity index (χ3n) is 5.57. The topological polar surface area (TPSA) is 96.1 Å². The van der Waals surface area contributed by atoms with Crippen molar-refractivity contribution in [3.8, 4) is 0 Å². The number of carbonyl (C=O) groups excluding carboxylic acids is 3. The molecule has 2 aromatic heterocycles. The van der Waals surface area contributed by atoms with Crippen LogP contribution in [0.15, 0.2) is 22.0 Å². The smallest absolute Gasteiger partial charge is 0.345 e. The Morgan fingerprint density at radius 2 is 1.58 bits per heavy atom. The van der Waals surface area contributed by atoms with Gasteiger partial charge in [0.2, 0.25) is 0 Å². The van der Waals surface area contributed by atoms with Gasteiger partial charge in [0, 0.05) is 16.8 Å². The van der Waals surface area contributed by atoms with E-state index in [9.17, 15) is 19.2 Å². The zero-order valence-electron chi connectivity index (χ0n) is 18.6. The third kappa shape index (κ3) is 3.41. The van der Waals surface area contributed by atoms with Crippen LogP contribution in [0.25, 0.3) is 17.2 Å². The summed E-state index contributed by atoms with van der Waals surface area (Å²) in [5.41, 5.74) is 3.60. The first kappa shape index (κ1) is 22.3. The average Bonchev–Trinajstić information content (AvgIpc) is 3.11. The Bertz CT molecular complexity index is 1220. The van der Waals surface area contributed by atoms with Crippen LogP contribution in [0.1, 0.15) is 61.4 Å². The molecule has 164 valence electrons. The summed E-state index contributed by atoms with van der Waals surface area (Å²) in [7, 11) is 0. The highest BCUT2D eigenvalue weighted by Crippen LogP contribution is 2.32. The van der Waals surface area contributed by atoms with Crippen LogP contribution in [-0.2, 0) is 19.1 Å². The first-order chi connectivity index (χ1) is 14.7. The number of nitrogens with zero attached hydrogens (tertiary/aromatic N) is 2. The van der Waals surface area contributed by atoms with Crippen molar-refractivity contribution in [3.63, 3.8) is 0 Å². The fourth-order valence-corrected chi connectivity index (χ4v) is 4.02. The molecule has 1 aliphatic heterocycles. The van der Waals surface area contributed by atoms with E-state index in [0.717, 1.165) is 5.57 Å². The van der Waals surface area contributed by atoms with Crippen LogP contribution in [0.4, 0.5) is 0 Å². The van der Waals surface area contributed by atoms with Crippen LogP contribution >= 0.6 is 0 Å². The van der Waals surface area contributed by atoms with E-state index in [2.05, 4.69) is 0 Å². The lowest BCUT2D eigenvalue weighted by Crippen LogP contribution is -2.31. The minimum Gasteiger partial charge on any atom is -0.462 e. The van der Waals surface area contributed by atoms with Crippen molar-refractivity contribution >= 4 is 35.0 Å². The zero-order chi connectivity index (χ0) is 23.0. The number of rotatable bonds is 6. The lowest BCUT2D eigenvalue weighted by molar-refractivity contribution is -0.146. The molecule has 0 unspecified atom stereocenters. The van der Waals surface area contributed by atoms with E-state index in [0.29, 0.717) is 40.0 Å². The van der Waals surface area contributed by atoms with Gasteiger partial charge in [-0.25, -0.2) is 19.0 Å². The summed E-state index contributed by atoms with van der Waals surface area (Å²) < 4.78 is 12.6. The van der Waals surface area contributed by atoms with Gasteiger partial charge in [-0.15, -0.1) is 0 Å². The molecule has 1 aliphatic rings. The van der Waals surface area contributed by atoms with E-state index in [1.54, 1.807) is 34.6 Å². The molecule has 0 aromatic carbocycles. The van der Waals surface area contributed by atoms with Crippen molar-refractivity contribution in [3.05, 3.63) is 50.2 Å². The number of esters is 2. The van der Waals surface area contributed by atoms with Crippen LogP contribution in [0.3, 0.4) is 0 Å². The number of ether oxygens (including phenoxy) is 2. The van der Waals surface area contributed by atoms with Crippen LogP contribution in [0, 0.1) is 13.8 Å². The fraction of sp³-hybridized carbons (Fsp3) is 0.391. The summed E-state index contributed by atoms with van der Waals surface area (Å²) in [5, 5.41) is 0. The number of allylic oxidation sites excluding steroid dienone is 2. The highest BCUT2D eigenvalue weighted by Gasteiger charge is 2.30. The van der Waals surface area contributed by atoms with Gasteiger partial charge in [0.15, 0.2) is 0 Å². The lowest BCUT2D eigenvalue weighted by Gasteiger charge is -2.07. The van der Waals surface area contributed by atoms with Crippen molar-refractivity contribution in [2.45, 2.75) is 48.0 Å². The predicted octanol–water partition coefficient (Wildman–Crippen LogP) is 3.06. The van der Waals surface area contributed by atoms with Crippen molar-refractivity contribution in [1.29, 1.82) is 0 Å². The highest BCUT2D eigenvalue weighted by atomic mass is 16.6. The second-order valence-electron chi connectivity index (χ2n) is 7.25. The molecule has 0 N–H and O–H groups in total. The van der Waals surface area contributed by atoms with Gasteiger partial charge in [-0.3, -0.25) is 9.20 Å². The van der Waals surface area contributed by atoms with Crippen molar-refractivity contribution in [1.82, 2.24) is 8.97 Å². The average molecular weight is 426 g/mol. The van der Waals surface area contributed by atoms with Gasteiger partial charge in [-0.2, -0.15) is 0 Å². The first-order valence-electron chi connectivity index (χ1n) is 10.3. The van der Waals surface area contributed by atoms with Gasteiger partial charge in [0.1, 0.15) is 5.57 Å². The van der Waals surface area contributed by atoms with Crippen LogP contribution in [-0.4, -0.2) is 40.0 Å². The predicted molar refractivity (Wildman–Crippen MR) is 116 cm³/mol. The summed E-state index contributed by atoms with van der Waals surface area (Å²) in [4.78, 5) is 50.7. The molecule has 0 fully saturated rings. The summed E-state index contributed by atoms with van der Waals surface area (Å²) in [5.74, 6) is -1.92. The van der Waals surface area contributed by atoms with Crippen molar-refractivity contribution < 1.29 is 23.9 Å². The van der Waals surface area contributed by atoms with Gasteiger partial charge >= 0.3 is 17.6 Å².